The Hall–Kier alpha value is -3.72. The zero-order valence-corrected chi connectivity index (χ0v) is 17.1. The first-order valence-corrected chi connectivity index (χ1v) is 10.7. The minimum Gasteiger partial charge on any atom is -0.460 e. The highest BCUT2D eigenvalue weighted by Crippen LogP contribution is 2.17. The lowest BCUT2D eigenvalue weighted by atomic mass is 10.2. The summed E-state index contributed by atoms with van der Waals surface area (Å²) in [6.07, 6.45) is 0. The Morgan fingerprint density at radius 3 is 2.16 bits per heavy atom. The fraction of sp³-hybridized carbons (Fsp3) is 0.0909. The van der Waals surface area contributed by atoms with Gasteiger partial charge in [-0.15, -0.1) is 0 Å². The number of carbonyl (C=O) groups is 2. The van der Waals surface area contributed by atoms with Crippen molar-refractivity contribution in [1.29, 1.82) is 0 Å². The number of carbonyl (C=O) groups excluding carboxylic acids is 2. The minimum atomic E-state index is -3.91. The van der Waals surface area contributed by atoms with Crippen LogP contribution in [0.4, 0.5) is 10.1 Å². The highest BCUT2D eigenvalue weighted by Gasteiger charge is 2.16. The van der Waals surface area contributed by atoms with E-state index in [1.165, 1.54) is 36.4 Å². The Bertz CT molecular complexity index is 1150. The van der Waals surface area contributed by atoms with Gasteiger partial charge in [-0.1, -0.05) is 30.3 Å². The first kappa shape index (κ1) is 22.0. The summed E-state index contributed by atoms with van der Waals surface area (Å²) < 4.78 is 45.2. The van der Waals surface area contributed by atoms with Crippen molar-refractivity contribution in [3.8, 4) is 0 Å². The van der Waals surface area contributed by atoms with Crippen LogP contribution in [0, 0.1) is 5.82 Å². The van der Waals surface area contributed by atoms with Gasteiger partial charge in [-0.2, -0.15) is 0 Å². The third kappa shape index (κ3) is 6.38. The number of hydrogen-bond acceptors (Lipinski definition) is 5. The Morgan fingerprint density at radius 1 is 0.871 bits per heavy atom. The summed E-state index contributed by atoms with van der Waals surface area (Å²) in [5, 5.41) is 2.42. The molecule has 9 heteroatoms. The SMILES string of the molecule is O=C(CNC(=O)c1ccc(S(=O)(=O)Nc2ccc(F)cc2)cc1)OCc1ccccc1. The van der Waals surface area contributed by atoms with Crippen LogP contribution in [0.5, 0.6) is 0 Å². The molecule has 3 aromatic carbocycles. The molecule has 0 saturated carbocycles. The van der Waals surface area contributed by atoms with Gasteiger partial charge in [-0.3, -0.25) is 14.3 Å². The first-order valence-electron chi connectivity index (χ1n) is 9.20. The van der Waals surface area contributed by atoms with Crippen molar-refractivity contribution in [1.82, 2.24) is 5.32 Å². The smallest absolute Gasteiger partial charge is 0.325 e. The van der Waals surface area contributed by atoms with Crippen LogP contribution in [0.25, 0.3) is 0 Å². The molecule has 0 spiro atoms. The van der Waals surface area contributed by atoms with Gasteiger partial charge in [0.15, 0.2) is 0 Å². The highest BCUT2D eigenvalue weighted by atomic mass is 32.2. The molecule has 160 valence electrons. The van der Waals surface area contributed by atoms with E-state index in [4.69, 9.17) is 4.74 Å². The third-order valence-corrected chi connectivity index (χ3v) is 5.56. The summed E-state index contributed by atoms with van der Waals surface area (Å²) in [5.41, 5.74) is 1.21. The van der Waals surface area contributed by atoms with Crippen LogP contribution in [0.3, 0.4) is 0 Å². The van der Waals surface area contributed by atoms with Gasteiger partial charge in [-0.05, 0) is 54.1 Å². The number of halogens is 1. The predicted octanol–water partition coefficient (Wildman–Crippen LogP) is 3.10. The van der Waals surface area contributed by atoms with Crippen LogP contribution < -0.4 is 10.0 Å². The molecular formula is C22H19FN2O5S. The molecule has 0 aliphatic carbocycles. The van der Waals surface area contributed by atoms with Gasteiger partial charge in [0.05, 0.1) is 4.90 Å². The maximum absolute atomic E-state index is 13.0. The minimum absolute atomic E-state index is 0.0735. The lowest BCUT2D eigenvalue weighted by Crippen LogP contribution is -2.30. The van der Waals surface area contributed by atoms with E-state index in [0.29, 0.717) is 0 Å². The molecule has 0 bridgehead atoms. The molecule has 0 aliphatic heterocycles. The van der Waals surface area contributed by atoms with E-state index < -0.39 is 27.7 Å². The average Bonchev–Trinajstić information content (AvgIpc) is 2.78. The second kappa shape index (κ2) is 9.86. The Kier molecular flexibility index (Phi) is 6.99. The van der Waals surface area contributed by atoms with Gasteiger partial charge < -0.3 is 10.1 Å². The van der Waals surface area contributed by atoms with Crippen molar-refractivity contribution < 1.29 is 27.1 Å². The van der Waals surface area contributed by atoms with E-state index in [1.807, 2.05) is 30.3 Å². The molecule has 0 unspecified atom stereocenters. The Balaban J connectivity index is 1.53. The van der Waals surface area contributed by atoms with E-state index in [-0.39, 0.29) is 29.3 Å². The molecule has 0 aromatic heterocycles. The van der Waals surface area contributed by atoms with Gasteiger partial charge in [0, 0.05) is 11.3 Å². The molecule has 0 atom stereocenters. The summed E-state index contributed by atoms with van der Waals surface area (Å²) in [6, 6.07) is 19.1. The molecule has 7 nitrogen and oxygen atoms in total. The number of esters is 1. The number of anilines is 1. The van der Waals surface area contributed by atoms with Crippen LogP contribution in [0.15, 0.2) is 83.8 Å². The van der Waals surface area contributed by atoms with Crippen LogP contribution >= 0.6 is 0 Å². The molecule has 31 heavy (non-hydrogen) atoms. The van der Waals surface area contributed by atoms with Crippen molar-refractivity contribution in [3.05, 3.63) is 95.8 Å². The fourth-order valence-corrected chi connectivity index (χ4v) is 3.62. The number of ether oxygens (including phenoxy) is 1. The topological polar surface area (TPSA) is 102 Å². The maximum atomic E-state index is 13.0. The van der Waals surface area contributed by atoms with Gasteiger partial charge in [0.1, 0.15) is 19.0 Å². The quantitative estimate of drug-likeness (QED) is 0.522. The lowest BCUT2D eigenvalue weighted by Gasteiger charge is -2.09. The lowest BCUT2D eigenvalue weighted by molar-refractivity contribution is -0.143. The molecule has 2 N–H and O–H groups in total. The standard InChI is InChI=1S/C22H19FN2O5S/c23-18-8-10-19(11-9-18)25-31(28,29)20-12-6-17(7-13-20)22(27)24-14-21(26)30-15-16-4-2-1-3-5-16/h1-13,25H,14-15H2,(H,24,27). The molecule has 1 amide bonds. The summed E-state index contributed by atoms with van der Waals surface area (Å²) >= 11 is 0. The van der Waals surface area contributed by atoms with E-state index >= 15 is 0 Å². The van der Waals surface area contributed by atoms with Gasteiger partial charge >= 0.3 is 5.97 Å². The van der Waals surface area contributed by atoms with Gasteiger partial charge in [-0.25, -0.2) is 12.8 Å². The van der Waals surface area contributed by atoms with Crippen LogP contribution in [0.1, 0.15) is 15.9 Å². The zero-order valence-electron chi connectivity index (χ0n) is 16.2. The van der Waals surface area contributed by atoms with E-state index in [0.717, 1.165) is 17.7 Å². The van der Waals surface area contributed by atoms with Crippen LogP contribution in [0.2, 0.25) is 0 Å². The number of benzene rings is 3. The largest absolute Gasteiger partial charge is 0.460 e. The summed E-state index contributed by atoms with van der Waals surface area (Å²) in [4.78, 5) is 23.9. The van der Waals surface area contributed by atoms with Crippen molar-refractivity contribution in [3.63, 3.8) is 0 Å². The molecule has 0 aliphatic rings. The highest BCUT2D eigenvalue weighted by molar-refractivity contribution is 7.92. The molecule has 0 saturated heterocycles. The van der Waals surface area contributed by atoms with Gasteiger partial charge in [0.2, 0.25) is 0 Å². The van der Waals surface area contributed by atoms with Crippen LogP contribution in [-0.4, -0.2) is 26.8 Å². The molecule has 0 fully saturated rings. The molecule has 0 heterocycles. The maximum Gasteiger partial charge on any atom is 0.325 e. The van der Waals surface area contributed by atoms with Crippen LogP contribution in [-0.2, 0) is 26.2 Å². The monoisotopic (exact) mass is 442 g/mol. The predicted molar refractivity (Wildman–Crippen MR) is 112 cm³/mol. The summed E-state index contributed by atoms with van der Waals surface area (Å²) in [5.74, 6) is -1.63. The third-order valence-electron chi connectivity index (χ3n) is 4.16. The number of nitrogens with one attached hydrogen (secondary N) is 2. The zero-order chi connectivity index (χ0) is 22.3. The van der Waals surface area contributed by atoms with Crippen molar-refractivity contribution in [2.75, 3.05) is 11.3 Å². The number of hydrogen-bond donors (Lipinski definition) is 2. The summed E-state index contributed by atoms with van der Waals surface area (Å²) in [7, 11) is -3.91. The molecule has 3 rings (SSSR count). The van der Waals surface area contributed by atoms with Gasteiger partial charge in [0.25, 0.3) is 15.9 Å². The number of rotatable bonds is 8. The van der Waals surface area contributed by atoms with Crippen molar-refractivity contribution >= 4 is 27.6 Å². The Labute approximate surface area is 178 Å². The Morgan fingerprint density at radius 2 is 1.52 bits per heavy atom. The number of sulfonamides is 1. The second-order valence-electron chi connectivity index (χ2n) is 6.47. The van der Waals surface area contributed by atoms with E-state index in [2.05, 4.69) is 10.0 Å². The van der Waals surface area contributed by atoms with Crippen molar-refractivity contribution in [2.45, 2.75) is 11.5 Å². The average molecular weight is 442 g/mol. The molecular weight excluding hydrogens is 423 g/mol. The first-order chi connectivity index (χ1) is 14.8. The summed E-state index contributed by atoms with van der Waals surface area (Å²) in [6.45, 7) is -0.221. The fourth-order valence-electron chi connectivity index (χ4n) is 2.56. The van der Waals surface area contributed by atoms with E-state index in [1.54, 1.807) is 0 Å². The van der Waals surface area contributed by atoms with Crippen molar-refractivity contribution in [2.24, 2.45) is 0 Å². The van der Waals surface area contributed by atoms with E-state index in [9.17, 15) is 22.4 Å². The number of amides is 1. The molecule has 0 radical (unpaired) electrons. The second-order valence-corrected chi connectivity index (χ2v) is 8.15. The molecule has 3 aromatic rings. The normalized spacial score (nSPS) is 10.9.